The van der Waals surface area contributed by atoms with Gasteiger partial charge in [-0.3, -0.25) is 9.59 Å². The van der Waals surface area contributed by atoms with Gasteiger partial charge in [0.2, 0.25) is 0 Å². The number of para-hydroxylation sites is 4. The van der Waals surface area contributed by atoms with Gasteiger partial charge in [0.05, 0.1) is 22.1 Å². The Morgan fingerprint density at radius 3 is 1.30 bits per heavy atom. The first-order valence-electron chi connectivity index (χ1n) is 16.7. The van der Waals surface area contributed by atoms with Crippen LogP contribution in [0.25, 0.3) is 55.0 Å². The standard InChI is InChI=1S/C45H31N3O2/c1-30-22-24-36-40(26-30)47(33-18-10-4-11-19-33)42-29-43-39(28-38(42)44(36)49)45(50)37-25-23-35(27-41(37)48(43)34-20-12-5-13-21-34)46(31-14-6-2-7-15-31)32-16-8-3-9-17-32/h2-29H,1H3. The Hall–Kier alpha value is -6.72. The van der Waals surface area contributed by atoms with Crippen LogP contribution in [0.2, 0.25) is 0 Å². The monoisotopic (exact) mass is 645 g/mol. The highest BCUT2D eigenvalue weighted by atomic mass is 16.1. The Balaban J connectivity index is 1.44. The molecule has 5 nitrogen and oxygen atoms in total. The molecule has 0 unspecified atom stereocenters. The van der Waals surface area contributed by atoms with Gasteiger partial charge in [-0.2, -0.15) is 0 Å². The number of fused-ring (bicyclic) bond motifs is 4. The molecular weight excluding hydrogens is 615 g/mol. The van der Waals surface area contributed by atoms with Gasteiger partial charge >= 0.3 is 0 Å². The van der Waals surface area contributed by atoms with E-state index in [2.05, 4.69) is 74.7 Å². The van der Waals surface area contributed by atoms with Crippen molar-refractivity contribution < 1.29 is 0 Å². The molecule has 0 N–H and O–H groups in total. The summed E-state index contributed by atoms with van der Waals surface area (Å²) in [7, 11) is 0. The number of aryl methyl sites for hydroxylation is 1. The lowest BCUT2D eigenvalue weighted by atomic mass is 10.0. The maximum atomic E-state index is 14.6. The van der Waals surface area contributed by atoms with E-state index in [0.717, 1.165) is 56.1 Å². The van der Waals surface area contributed by atoms with Crippen LogP contribution in [0.3, 0.4) is 0 Å². The molecule has 9 aromatic rings. The van der Waals surface area contributed by atoms with E-state index in [1.165, 1.54) is 0 Å². The van der Waals surface area contributed by atoms with Gasteiger partial charge in [-0.1, -0.05) is 78.9 Å². The SMILES string of the molecule is Cc1ccc2c(=O)c3cc4c(=O)c5ccc(N(c6ccccc6)c6ccccc6)cc5n(-c5ccccc5)c4cc3n(-c3ccccc3)c2c1. The smallest absolute Gasteiger partial charge is 0.197 e. The van der Waals surface area contributed by atoms with Gasteiger partial charge in [-0.15, -0.1) is 0 Å². The van der Waals surface area contributed by atoms with Crippen molar-refractivity contribution in [1.82, 2.24) is 9.13 Å². The third-order valence-electron chi connectivity index (χ3n) is 9.51. The Bertz CT molecular complexity index is 2810. The topological polar surface area (TPSA) is 47.2 Å². The van der Waals surface area contributed by atoms with Crippen molar-refractivity contribution >= 4 is 60.7 Å². The molecule has 0 spiro atoms. The molecule has 0 saturated carbocycles. The summed E-state index contributed by atoms with van der Waals surface area (Å²) in [4.78, 5) is 31.0. The number of pyridine rings is 2. The van der Waals surface area contributed by atoms with Crippen LogP contribution in [0, 0.1) is 6.92 Å². The van der Waals surface area contributed by atoms with E-state index in [9.17, 15) is 9.59 Å². The molecule has 5 heteroatoms. The van der Waals surface area contributed by atoms with Gasteiger partial charge in [-0.05, 0) is 103 Å². The lowest BCUT2D eigenvalue weighted by Crippen LogP contribution is -2.15. The highest BCUT2D eigenvalue weighted by Crippen LogP contribution is 2.37. The maximum Gasteiger partial charge on any atom is 0.197 e. The first kappa shape index (κ1) is 29.4. The van der Waals surface area contributed by atoms with E-state index in [1.54, 1.807) is 6.07 Å². The van der Waals surface area contributed by atoms with E-state index in [-0.39, 0.29) is 10.9 Å². The number of rotatable bonds is 5. The van der Waals surface area contributed by atoms with Gasteiger partial charge in [0.15, 0.2) is 10.9 Å². The quantitative estimate of drug-likeness (QED) is 0.175. The van der Waals surface area contributed by atoms with Gasteiger partial charge in [0.1, 0.15) is 0 Å². The van der Waals surface area contributed by atoms with Crippen LogP contribution < -0.4 is 15.8 Å². The van der Waals surface area contributed by atoms with Crippen molar-refractivity contribution in [3.8, 4) is 11.4 Å². The summed E-state index contributed by atoms with van der Waals surface area (Å²) < 4.78 is 4.30. The Morgan fingerprint density at radius 2 is 0.800 bits per heavy atom. The molecule has 0 saturated heterocycles. The van der Waals surface area contributed by atoms with Crippen molar-refractivity contribution in [1.29, 1.82) is 0 Å². The van der Waals surface area contributed by atoms with E-state index in [0.29, 0.717) is 21.5 Å². The highest BCUT2D eigenvalue weighted by Gasteiger charge is 2.20. The average Bonchev–Trinajstić information content (AvgIpc) is 3.16. The first-order chi connectivity index (χ1) is 24.6. The molecule has 0 atom stereocenters. The van der Waals surface area contributed by atoms with Crippen LogP contribution in [-0.2, 0) is 0 Å². The number of hydrogen-bond donors (Lipinski definition) is 0. The first-order valence-corrected chi connectivity index (χ1v) is 16.7. The van der Waals surface area contributed by atoms with Gasteiger partial charge in [-0.25, -0.2) is 0 Å². The molecule has 9 rings (SSSR count). The second-order valence-corrected chi connectivity index (χ2v) is 12.6. The number of hydrogen-bond acceptors (Lipinski definition) is 3. The molecule has 2 aromatic heterocycles. The van der Waals surface area contributed by atoms with Gasteiger partial charge in [0.25, 0.3) is 0 Å². The summed E-state index contributed by atoms with van der Waals surface area (Å²) in [6.07, 6.45) is 0. The zero-order valence-corrected chi connectivity index (χ0v) is 27.3. The minimum atomic E-state index is -0.115. The fourth-order valence-electron chi connectivity index (χ4n) is 7.23. The van der Waals surface area contributed by atoms with E-state index < -0.39 is 0 Å². The predicted molar refractivity (Wildman–Crippen MR) is 207 cm³/mol. The van der Waals surface area contributed by atoms with Crippen LogP contribution in [0.1, 0.15) is 5.56 Å². The molecule has 0 fully saturated rings. The largest absolute Gasteiger partial charge is 0.310 e. The number of anilines is 3. The Labute approximate surface area is 288 Å². The Morgan fingerprint density at radius 1 is 0.380 bits per heavy atom. The van der Waals surface area contributed by atoms with Crippen molar-refractivity contribution in [2.45, 2.75) is 6.92 Å². The van der Waals surface area contributed by atoms with E-state index in [4.69, 9.17) is 0 Å². The molecule has 0 radical (unpaired) electrons. The summed E-state index contributed by atoms with van der Waals surface area (Å²) in [6, 6.07) is 56.5. The van der Waals surface area contributed by atoms with Crippen LogP contribution in [0.4, 0.5) is 17.1 Å². The summed E-state index contributed by atoms with van der Waals surface area (Å²) in [5.41, 5.74) is 8.69. The molecular formula is C45H31N3O2. The van der Waals surface area contributed by atoms with Gasteiger partial charge in [0, 0.05) is 50.0 Å². The predicted octanol–water partition coefficient (Wildman–Crippen LogP) is 10.4. The molecule has 0 aliphatic heterocycles. The molecule has 7 aromatic carbocycles. The molecule has 50 heavy (non-hydrogen) atoms. The summed E-state index contributed by atoms with van der Waals surface area (Å²) in [5, 5.41) is 2.19. The second-order valence-electron chi connectivity index (χ2n) is 12.6. The minimum absolute atomic E-state index is 0.0912. The number of benzene rings is 7. The zero-order chi connectivity index (χ0) is 33.8. The molecule has 238 valence electrons. The number of aromatic nitrogens is 2. The second kappa shape index (κ2) is 11.8. The average molecular weight is 646 g/mol. The molecule has 0 bridgehead atoms. The minimum Gasteiger partial charge on any atom is -0.310 e. The van der Waals surface area contributed by atoms with Gasteiger partial charge < -0.3 is 14.0 Å². The number of nitrogens with zero attached hydrogens (tertiary/aromatic N) is 3. The third-order valence-corrected chi connectivity index (χ3v) is 9.51. The zero-order valence-electron chi connectivity index (χ0n) is 27.3. The Kier molecular flexibility index (Phi) is 6.92. The lowest BCUT2D eigenvalue weighted by Gasteiger charge is -2.26. The van der Waals surface area contributed by atoms with Crippen molar-refractivity contribution in [3.63, 3.8) is 0 Å². The summed E-state index contributed by atoms with van der Waals surface area (Å²) in [6.45, 7) is 2.04. The lowest BCUT2D eigenvalue weighted by molar-refractivity contribution is 1.14. The fraction of sp³-hybridized carbons (Fsp3) is 0.0222. The van der Waals surface area contributed by atoms with Crippen LogP contribution in [0.5, 0.6) is 0 Å². The maximum absolute atomic E-state index is 14.6. The van der Waals surface area contributed by atoms with Crippen molar-refractivity contribution in [2.75, 3.05) is 4.90 Å². The highest BCUT2D eigenvalue weighted by molar-refractivity contribution is 6.06. The molecule has 0 aliphatic rings. The fourth-order valence-corrected chi connectivity index (χ4v) is 7.23. The molecule has 0 amide bonds. The normalized spacial score (nSPS) is 11.5. The van der Waals surface area contributed by atoms with Crippen LogP contribution in [-0.4, -0.2) is 9.13 Å². The molecule has 0 aliphatic carbocycles. The van der Waals surface area contributed by atoms with E-state index >= 15 is 0 Å². The van der Waals surface area contributed by atoms with Crippen molar-refractivity contribution in [2.24, 2.45) is 0 Å². The summed E-state index contributed by atoms with van der Waals surface area (Å²) in [5.74, 6) is 0. The third kappa shape index (κ3) is 4.71. The van der Waals surface area contributed by atoms with Crippen LogP contribution >= 0.6 is 0 Å². The molecule has 2 heterocycles. The van der Waals surface area contributed by atoms with E-state index in [1.807, 2.05) is 110 Å². The summed E-state index contributed by atoms with van der Waals surface area (Å²) >= 11 is 0. The van der Waals surface area contributed by atoms with Crippen LogP contribution in [0.15, 0.2) is 179 Å². The van der Waals surface area contributed by atoms with Crippen molar-refractivity contribution in [3.05, 3.63) is 196 Å².